The topological polar surface area (TPSA) is 93.2 Å². The summed E-state index contributed by atoms with van der Waals surface area (Å²) >= 11 is 1.76. The Morgan fingerprint density at radius 3 is 2.44 bits per heavy atom. The van der Waals surface area contributed by atoms with Crippen LogP contribution in [0.5, 0.6) is 5.75 Å². The number of ether oxygens (including phenoxy) is 3. The second-order valence-electron chi connectivity index (χ2n) is 9.49. The Labute approximate surface area is 233 Å². The molecule has 3 aromatic rings. The van der Waals surface area contributed by atoms with E-state index in [1.54, 1.807) is 35.6 Å². The highest BCUT2D eigenvalue weighted by atomic mass is 32.1. The minimum absolute atomic E-state index is 0.351. The average Bonchev–Trinajstić information content (AvgIpc) is 3.33. The van der Waals surface area contributed by atoms with Gasteiger partial charge in [0.1, 0.15) is 11.8 Å². The molecular weight excluding hydrogens is 516 g/mol. The van der Waals surface area contributed by atoms with Crippen LogP contribution in [0.4, 0.5) is 10.8 Å². The Balaban J connectivity index is 1.33. The number of para-hydroxylation sites is 1. The summed E-state index contributed by atoms with van der Waals surface area (Å²) in [6.07, 6.45) is 1.11. The summed E-state index contributed by atoms with van der Waals surface area (Å²) in [5.74, 6) is -0.152. The van der Waals surface area contributed by atoms with Crippen molar-refractivity contribution in [2.75, 3.05) is 64.3 Å². The number of hydrogen-bond donors (Lipinski definition) is 1. The van der Waals surface area contributed by atoms with Gasteiger partial charge in [-0.1, -0.05) is 24.3 Å². The Morgan fingerprint density at radius 2 is 1.74 bits per heavy atom. The number of piperazine rings is 1. The lowest BCUT2D eigenvalue weighted by Gasteiger charge is -2.32. The first-order chi connectivity index (χ1) is 18.9. The maximum absolute atomic E-state index is 12.5. The number of hydrogen-bond acceptors (Lipinski definition) is 10. The zero-order chi connectivity index (χ0) is 27.8. The van der Waals surface area contributed by atoms with Crippen LogP contribution in [-0.2, 0) is 27.1 Å². The first-order valence-electron chi connectivity index (χ1n) is 13.0. The minimum atomic E-state index is -0.685. The van der Waals surface area contributed by atoms with Crippen LogP contribution in [-0.4, -0.2) is 81.9 Å². The van der Waals surface area contributed by atoms with E-state index in [-0.39, 0.29) is 0 Å². The predicted octanol–water partition coefficient (Wildman–Crippen LogP) is 3.81. The smallest absolute Gasteiger partial charge is 0.339 e. The van der Waals surface area contributed by atoms with Crippen LogP contribution in [0.25, 0.3) is 0 Å². The number of anilines is 2. The van der Waals surface area contributed by atoms with E-state index in [0.717, 1.165) is 54.7 Å². The van der Waals surface area contributed by atoms with Gasteiger partial charge in [0, 0.05) is 49.6 Å². The number of aryl methyl sites for hydroxylation is 1. The summed E-state index contributed by atoms with van der Waals surface area (Å²) in [5, 5.41) is 4.24. The zero-order valence-electron chi connectivity index (χ0n) is 22.9. The molecule has 0 aliphatic carbocycles. The molecule has 1 N–H and O–H groups in total. The van der Waals surface area contributed by atoms with Gasteiger partial charge in [0.25, 0.3) is 0 Å². The number of aromatic nitrogens is 1. The molecule has 2 heterocycles. The Bertz CT molecular complexity index is 1250. The van der Waals surface area contributed by atoms with E-state index < -0.39 is 18.0 Å². The lowest BCUT2D eigenvalue weighted by atomic mass is 10.0. The van der Waals surface area contributed by atoms with E-state index in [9.17, 15) is 9.59 Å². The molecule has 0 amide bonds. The molecule has 208 valence electrons. The van der Waals surface area contributed by atoms with Gasteiger partial charge in [-0.05, 0) is 43.8 Å². The average molecular weight is 553 g/mol. The molecule has 0 bridgehead atoms. The Morgan fingerprint density at radius 1 is 1.03 bits per heavy atom. The van der Waals surface area contributed by atoms with Gasteiger partial charge in [0.15, 0.2) is 5.13 Å². The van der Waals surface area contributed by atoms with Crippen molar-refractivity contribution in [3.63, 3.8) is 0 Å². The van der Waals surface area contributed by atoms with Crippen LogP contribution >= 0.6 is 11.3 Å². The van der Waals surface area contributed by atoms with Crippen molar-refractivity contribution >= 4 is 34.1 Å². The Kier molecular flexibility index (Phi) is 9.78. The summed E-state index contributed by atoms with van der Waals surface area (Å²) in [5.41, 5.74) is 2.87. The van der Waals surface area contributed by atoms with Crippen molar-refractivity contribution in [3.05, 3.63) is 70.2 Å². The molecule has 9 nitrogen and oxygen atoms in total. The van der Waals surface area contributed by atoms with Crippen molar-refractivity contribution in [2.24, 2.45) is 0 Å². The van der Waals surface area contributed by atoms with Gasteiger partial charge in [0.05, 0.1) is 32.1 Å². The summed E-state index contributed by atoms with van der Waals surface area (Å²) in [7, 11) is 4.82. The summed E-state index contributed by atoms with van der Waals surface area (Å²) < 4.78 is 15.9. The van der Waals surface area contributed by atoms with E-state index in [0.29, 0.717) is 24.3 Å². The third-order valence-electron chi connectivity index (χ3n) is 6.77. The van der Waals surface area contributed by atoms with Crippen molar-refractivity contribution in [1.29, 1.82) is 0 Å². The third-order valence-corrected chi connectivity index (χ3v) is 7.85. The standard InChI is InChI=1S/C29H36N4O5S/c1-20-24(31-29(39-20)33-16-14-32(2)15-17-33)13-18-38-22-11-9-21(10-12-22)19-26(28(35)37-4)30-25-8-6-5-7-23(25)27(34)36-3/h5-12,26,30H,13-19H2,1-4H3. The number of rotatable bonds is 11. The van der Waals surface area contributed by atoms with E-state index >= 15 is 0 Å². The fourth-order valence-electron chi connectivity index (χ4n) is 4.42. The minimum Gasteiger partial charge on any atom is -0.493 e. The highest BCUT2D eigenvalue weighted by Crippen LogP contribution is 2.27. The number of benzene rings is 2. The van der Waals surface area contributed by atoms with E-state index in [2.05, 4.69) is 29.1 Å². The molecule has 10 heteroatoms. The summed E-state index contributed by atoms with van der Waals surface area (Å²) in [6.45, 7) is 6.79. The fraction of sp³-hybridized carbons (Fsp3) is 0.414. The van der Waals surface area contributed by atoms with E-state index in [1.165, 1.54) is 19.1 Å². The fourth-order valence-corrected chi connectivity index (χ4v) is 5.43. The van der Waals surface area contributed by atoms with Crippen LogP contribution in [0.2, 0.25) is 0 Å². The number of thiazole rings is 1. The molecule has 0 saturated carbocycles. The maximum Gasteiger partial charge on any atom is 0.339 e. The van der Waals surface area contributed by atoms with Crippen molar-refractivity contribution < 1.29 is 23.8 Å². The number of nitrogens with one attached hydrogen (secondary N) is 1. The lowest BCUT2D eigenvalue weighted by Crippen LogP contribution is -2.44. The van der Waals surface area contributed by atoms with E-state index in [4.69, 9.17) is 19.2 Å². The molecule has 1 aromatic heterocycles. The van der Waals surface area contributed by atoms with Crippen LogP contribution < -0.4 is 15.0 Å². The number of esters is 2. The molecule has 2 aromatic carbocycles. The van der Waals surface area contributed by atoms with Gasteiger partial charge in [-0.15, -0.1) is 11.3 Å². The van der Waals surface area contributed by atoms with Gasteiger partial charge in [-0.2, -0.15) is 0 Å². The number of nitrogens with zero attached hydrogens (tertiary/aromatic N) is 3. The molecule has 39 heavy (non-hydrogen) atoms. The largest absolute Gasteiger partial charge is 0.493 e. The van der Waals surface area contributed by atoms with Crippen LogP contribution in [0.15, 0.2) is 48.5 Å². The molecule has 4 rings (SSSR count). The van der Waals surface area contributed by atoms with Crippen molar-refractivity contribution in [1.82, 2.24) is 9.88 Å². The van der Waals surface area contributed by atoms with Crippen molar-refractivity contribution in [3.8, 4) is 5.75 Å². The first kappa shape index (κ1) is 28.4. The molecule has 1 saturated heterocycles. The van der Waals surface area contributed by atoms with Gasteiger partial charge >= 0.3 is 11.9 Å². The zero-order valence-corrected chi connectivity index (χ0v) is 23.8. The van der Waals surface area contributed by atoms with Gasteiger partial charge in [-0.25, -0.2) is 14.6 Å². The number of carbonyl (C=O) groups excluding carboxylic acids is 2. The molecular formula is C29H36N4O5S. The van der Waals surface area contributed by atoms with Crippen LogP contribution in [0, 0.1) is 6.92 Å². The Hall–Kier alpha value is -3.63. The molecule has 1 aliphatic heterocycles. The van der Waals surface area contributed by atoms with Gasteiger partial charge in [0.2, 0.25) is 0 Å². The second kappa shape index (κ2) is 13.4. The third kappa shape index (κ3) is 7.48. The molecule has 0 spiro atoms. The highest BCUT2D eigenvalue weighted by Gasteiger charge is 2.23. The summed E-state index contributed by atoms with van der Waals surface area (Å²) in [6, 6.07) is 13.9. The summed E-state index contributed by atoms with van der Waals surface area (Å²) in [4.78, 5) is 35.5. The van der Waals surface area contributed by atoms with Gasteiger partial charge < -0.3 is 29.3 Å². The quantitative estimate of drug-likeness (QED) is 0.357. The lowest BCUT2D eigenvalue weighted by molar-refractivity contribution is -0.141. The normalized spacial score (nSPS) is 14.5. The maximum atomic E-state index is 12.5. The van der Waals surface area contributed by atoms with E-state index in [1.807, 2.05) is 24.3 Å². The first-order valence-corrected chi connectivity index (χ1v) is 13.8. The SMILES string of the molecule is COC(=O)c1ccccc1NC(Cc1ccc(OCCc2nc(N3CCN(C)CC3)sc2C)cc1)C(=O)OC. The van der Waals surface area contributed by atoms with Gasteiger partial charge in [-0.3, -0.25) is 0 Å². The number of carbonyl (C=O) groups is 2. The monoisotopic (exact) mass is 552 g/mol. The molecule has 1 aliphatic rings. The second-order valence-corrected chi connectivity index (χ2v) is 10.7. The predicted molar refractivity (Wildman–Crippen MR) is 153 cm³/mol. The molecule has 1 unspecified atom stereocenters. The molecule has 1 fully saturated rings. The van der Waals surface area contributed by atoms with Crippen LogP contribution in [0.3, 0.4) is 0 Å². The highest BCUT2D eigenvalue weighted by molar-refractivity contribution is 7.15. The number of likely N-dealkylation sites (N-methyl/N-ethyl adjacent to an activating group) is 1. The number of methoxy groups -OCH3 is 2. The molecule has 1 atom stereocenters. The van der Waals surface area contributed by atoms with Crippen molar-refractivity contribution in [2.45, 2.75) is 25.8 Å². The van der Waals surface area contributed by atoms with Crippen LogP contribution in [0.1, 0.15) is 26.5 Å². The molecule has 0 radical (unpaired) electrons.